The van der Waals surface area contributed by atoms with E-state index in [0.29, 0.717) is 17.1 Å². The lowest BCUT2D eigenvalue weighted by Gasteiger charge is -2.12. The topological polar surface area (TPSA) is 100 Å². The summed E-state index contributed by atoms with van der Waals surface area (Å²) in [7, 11) is 0.498. The fourth-order valence-electron chi connectivity index (χ4n) is 3.16. The van der Waals surface area contributed by atoms with Crippen LogP contribution in [-0.2, 0) is 21.5 Å². The number of carbonyl (C=O) groups excluding carboxylic acids is 1. The molecule has 0 unspecified atom stereocenters. The average Bonchev–Trinajstić information content (AvgIpc) is 2.86. The summed E-state index contributed by atoms with van der Waals surface area (Å²) in [5, 5.41) is 2.79. The van der Waals surface area contributed by atoms with E-state index in [1.807, 2.05) is 6.92 Å². The summed E-state index contributed by atoms with van der Waals surface area (Å²) < 4.78 is 46.3. The molecule has 0 aliphatic heterocycles. The number of ether oxygens (including phenoxy) is 3. The SMILES string of the molecule is COc1ccc(OC)c(CNC(=O)/C=C/c2ccc(OS(=O)(=O)c3ccc(C)cc3)c(OC)c2)c1. The molecule has 3 aromatic carbocycles. The second-order valence-corrected chi connectivity index (χ2v) is 9.04. The molecule has 0 aliphatic rings. The van der Waals surface area contributed by atoms with E-state index in [9.17, 15) is 13.2 Å². The third kappa shape index (κ3) is 6.77. The highest BCUT2D eigenvalue weighted by molar-refractivity contribution is 7.87. The maximum atomic E-state index is 12.6. The van der Waals surface area contributed by atoms with Crippen molar-refractivity contribution < 1.29 is 31.6 Å². The van der Waals surface area contributed by atoms with E-state index < -0.39 is 10.1 Å². The summed E-state index contributed by atoms with van der Waals surface area (Å²) in [4.78, 5) is 12.4. The minimum Gasteiger partial charge on any atom is -0.497 e. The molecule has 0 fully saturated rings. The minimum absolute atomic E-state index is 0.0402. The number of amides is 1. The predicted molar refractivity (Wildman–Crippen MR) is 132 cm³/mol. The van der Waals surface area contributed by atoms with Gasteiger partial charge in [-0.1, -0.05) is 23.8 Å². The Morgan fingerprint density at radius 3 is 2.20 bits per heavy atom. The third-order valence-electron chi connectivity index (χ3n) is 5.06. The van der Waals surface area contributed by atoms with Gasteiger partial charge in [-0.15, -0.1) is 0 Å². The molecule has 0 saturated carbocycles. The first-order chi connectivity index (χ1) is 16.7. The lowest BCUT2D eigenvalue weighted by atomic mass is 10.1. The Morgan fingerprint density at radius 2 is 1.54 bits per heavy atom. The molecular formula is C26H27NO7S. The number of hydrogen-bond donors (Lipinski definition) is 1. The Hall–Kier alpha value is -3.98. The van der Waals surface area contributed by atoms with Gasteiger partial charge in [-0.05, 0) is 61.0 Å². The molecule has 0 saturated heterocycles. The third-order valence-corrected chi connectivity index (χ3v) is 6.31. The molecule has 8 nitrogen and oxygen atoms in total. The number of benzene rings is 3. The van der Waals surface area contributed by atoms with Crippen molar-refractivity contribution in [2.24, 2.45) is 0 Å². The van der Waals surface area contributed by atoms with Crippen LogP contribution >= 0.6 is 0 Å². The van der Waals surface area contributed by atoms with Gasteiger partial charge in [0.05, 0.1) is 21.3 Å². The molecule has 0 radical (unpaired) electrons. The number of hydrogen-bond acceptors (Lipinski definition) is 7. The zero-order valence-electron chi connectivity index (χ0n) is 19.9. The van der Waals surface area contributed by atoms with Crippen LogP contribution in [0.4, 0.5) is 0 Å². The van der Waals surface area contributed by atoms with E-state index in [1.54, 1.807) is 62.8 Å². The Bertz CT molecular complexity index is 1320. The fourth-order valence-corrected chi connectivity index (χ4v) is 4.10. The molecule has 35 heavy (non-hydrogen) atoms. The number of nitrogens with one attached hydrogen (secondary N) is 1. The van der Waals surface area contributed by atoms with Gasteiger partial charge in [-0.3, -0.25) is 4.79 Å². The molecule has 0 bridgehead atoms. The van der Waals surface area contributed by atoms with E-state index in [0.717, 1.165) is 11.1 Å². The van der Waals surface area contributed by atoms with Crippen LogP contribution in [-0.4, -0.2) is 35.7 Å². The first-order valence-electron chi connectivity index (χ1n) is 10.6. The predicted octanol–water partition coefficient (Wildman–Crippen LogP) is 4.12. The zero-order valence-corrected chi connectivity index (χ0v) is 20.7. The van der Waals surface area contributed by atoms with Crippen LogP contribution in [0.15, 0.2) is 71.6 Å². The highest BCUT2D eigenvalue weighted by Gasteiger charge is 2.19. The number of rotatable bonds is 10. The molecule has 0 heterocycles. The highest BCUT2D eigenvalue weighted by Crippen LogP contribution is 2.31. The molecule has 9 heteroatoms. The number of methoxy groups -OCH3 is 3. The Kier molecular flexibility index (Phi) is 8.38. The van der Waals surface area contributed by atoms with Crippen LogP contribution in [0.5, 0.6) is 23.0 Å². The van der Waals surface area contributed by atoms with Crippen molar-refractivity contribution in [3.05, 3.63) is 83.4 Å². The van der Waals surface area contributed by atoms with Crippen molar-refractivity contribution >= 4 is 22.1 Å². The molecule has 184 valence electrons. The van der Waals surface area contributed by atoms with Gasteiger partial charge in [-0.25, -0.2) is 0 Å². The summed E-state index contributed by atoms with van der Waals surface area (Å²) in [5.74, 6) is 1.22. The number of carbonyl (C=O) groups is 1. The maximum absolute atomic E-state index is 12.6. The minimum atomic E-state index is -4.03. The van der Waals surface area contributed by atoms with Gasteiger partial charge in [0, 0.05) is 18.2 Å². The normalized spacial score (nSPS) is 11.2. The first kappa shape index (κ1) is 25.6. The van der Waals surface area contributed by atoms with Gasteiger partial charge in [0.1, 0.15) is 16.4 Å². The monoisotopic (exact) mass is 497 g/mol. The molecule has 3 aromatic rings. The van der Waals surface area contributed by atoms with Crippen LogP contribution in [0.2, 0.25) is 0 Å². The molecule has 1 amide bonds. The van der Waals surface area contributed by atoms with Gasteiger partial charge in [-0.2, -0.15) is 8.42 Å². The van der Waals surface area contributed by atoms with Crippen LogP contribution in [0.25, 0.3) is 6.08 Å². The van der Waals surface area contributed by atoms with E-state index in [2.05, 4.69) is 5.32 Å². The molecule has 0 aromatic heterocycles. The van der Waals surface area contributed by atoms with Crippen molar-refractivity contribution in [2.75, 3.05) is 21.3 Å². The van der Waals surface area contributed by atoms with E-state index >= 15 is 0 Å². The Morgan fingerprint density at radius 1 is 0.857 bits per heavy atom. The molecule has 0 aliphatic carbocycles. The standard InChI is InChI=1S/C26H27NO7S/c1-18-5-10-22(11-6-18)35(29,30)34-24-12-7-19(15-25(24)33-4)8-14-26(28)27-17-20-16-21(31-2)9-13-23(20)32-3/h5-16H,17H2,1-4H3,(H,27,28)/b14-8+. The summed E-state index contributed by atoms with van der Waals surface area (Å²) in [6, 6.07) is 16.4. The fraction of sp³-hybridized carbons (Fsp3) is 0.192. The van der Waals surface area contributed by atoms with E-state index in [-0.39, 0.29) is 28.8 Å². The van der Waals surface area contributed by atoms with Crippen molar-refractivity contribution in [1.82, 2.24) is 5.32 Å². The van der Waals surface area contributed by atoms with Crippen molar-refractivity contribution in [2.45, 2.75) is 18.4 Å². The van der Waals surface area contributed by atoms with Crippen LogP contribution < -0.4 is 23.7 Å². The van der Waals surface area contributed by atoms with Gasteiger partial charge in [0.15, 0.2) is 11.5 Å². The molecule has 0 atom stereocenters. The van der Waals surface area contributed by atoms with Gasteiger partial charge in [0.2, 0.25) is 5.91 Å². The Balaban J connectivity index is 1.68. The lowest BCUT2D eigenvalue weighted by Crippen LogP contribution is -2.20. The Labute approximate surface area is 205 Å². The van der Waals surface area contributed by atoms with Crippen LogP contribution in [0, 0.1) is 6.92 Å². The van der Waals surface area contributed by atoms with E-state index in [4.69, 9.17) is 18.4 Å². The average molecular weight is 498 g/mol. The number of aryl methyl sites for hydroxylation is 1. The van der Waals surface area contributed by atoms with E-state index in [1.165, 1.54) is 31.4 Å². The second-order valence-electron chi connectivity index (χ2n) is 7.49. The maximum Gasteiger partial charge on any atom is 0.339 e. The second kappa shape index (κ2) is 11.4. The highest BCUT2D eigenvalue weighted by atomic mass is 32.2. The molecule has 3 rings (SSSR count). The summed E-state index contributed by atoms with van der Waals surface area (Å²) in [5.41, 5.74) is 2.33. The quantitative estimate of drug-likeness (QED) is 0.332. The molecule has 0 spiro atoms. The van der Waals surface area contributed by atoms with Crippen molar-refractivity contribution in [1.29, 1.82) is 0 Å². The summed E-state index contributed by atoms with van der Waals surface area (Å²) >= 11 is 0. The van der Waals surface area contributed by atoms with Crippen LogP contribution in [0.3, 0.4) is 0 Å². The smallest absolute Gasteiger partial charge is 0.339 e. The van der Waals surface area contributed by atoms with Crippen molar-refractivity contribution in [3.63, 3.8) is 0 Å². The lowest BCUT2D eigenvalue weighted by molar-refractivity contribution is -0.116. The summed E-state index contributed by atoms with van der Waals surface area (Å²) in [6.45, 7) is 2.11. The molecule has 1 N–H and O–H groups in total. The first-order valence-corrected chi connectivity index (χ1v) is 12.0. The zero-order chi connectivity index (χ0) is 25.4. The van der Waals surface area contributed by atoms with Gasteiger partial charge >= 0.3 is 10.1 Å². The summed E-state index contributed by atoms with van der Waals surface area (Å²) in [6.07, 6.45) is 2.95. The molecular weight excluding hydrogens is 470 g/mol. The van der Waals surface area contributed by atoms with Crippen molar-refractivity contribution in [3.8, 4) is 23.0 Å². The van der Waals surface area contributed by atoms with Gasteiger partial charge in [0.25, 0.3) is 0 Å². The largest absolute Gasteiger partial charge is 0.497 e. The van der Waals surface area contributed by atoms with Gasteiger partial charge < -0.3 is 23.7 Å². The van der Waals surface area contributed by atoms with Crippen LogP contribution in [0.1, 0.15) is 16.7 Å².